The Morgan fingerprint density at radius 2 is 1.57 bits per heavy atom. The number of rotatable bonds is 6. The number of carbonyl (C=O) groups is 1. The van der Waals surface area contributed by atoms with Crippen molar-refractivity contribution in [1.82, 2.24) is 5.32 Å². The maximum absolute atomic E-state index is 11.7. The molecule has 23 heavy (non-hydrogen) atoms. The lowest BCUT2D eigenvalue weighted by molar-refractivity contribution is -0.120. The first kappa shape index (κ1) is 17.2. The highest BCUT2D eigenvalue weighted by atomic mass is 32.2. The van der Waals surface area contributed by atoms with E-state index < -0.39 is 21.8 Å². The third-order valence-corrected chi connectivity index (χ3v) is 4.77. The standard InChI is InChI=1S/C17H20N2O3S/c1-12(13-8-10-15(11-9-13)23(2,21)22)19-16(17(18)20)14-6-4-3-5-7-14/h3-12,16,19H,1-2H3,(H2,18,20)/t12-,16+/m0/s1. The van der Waals surface area contributed by atoms with E-state index in [-0.39, 0.29) is 10.9 Å². The monoisotopic (exact) mass is 332 g/mol. The second kappa shape index (κ2) is 6.93. The Kier molecular flexibility index (Phi) is 5.18. The van der Waals surface area contributed by atoms with Crippen LogP contribution in [0.3, 0.4) is 0 Å². The fourth-order valence-electron chi connectivity index (χ4n) is 2.34. The van der Waals surface area contributed by atoms with Gasteiger partial charge in [0.05, 0.1) is 4.90 Å². The van der Waals surface area contributed by atoms with Crippen LogP contribution in [0.15, 0.2) is 59.5 Å². The Morgan fingerprint density at radius 1 is 1.00 bits per heavy atom. The van der Waals surface area contributed by atoms with Gasteiger partial charge in [-0.3, -0.25) is 10.1 Å². The summed E-state index contributed by atoms with van der Waals surface area (Å²) in [6.07, 6.45) is 1.17. The number of benzene rings is 2. The molecule has 122 valence electrons. The van der Waals surface area contributed by atoms with Crippen molar-refractivity contribution in [2.45, 2.75) is 23.9 Å². The van der Waals surface area contributed by atoms with Crippen LogP contribution in [-0.2, 0) is 14.6 Å². The van der Waals surface area contributed by atoms with Crippen molar-refractivity contribution in [3.8, 4) is 0 Å². The molecule has 0 saturated carbocycles. The topological polar surface area (TPSA) is 89.3 Å². The molecule has 0 saturated heterocycles. The number of nitrogens with one attached hydrogen (secondary N) is 1. The first-order valence-electron chi connectivity index (χ1n) is 7.19. The molecule has 0 heterocycles. The number of hydrogen-bond acceptors (Lipinski definition) is 4. The van der Waals surface area contributed by atoms with Crippen molar-refractivity contribution in [3.63, 3.8) is 0 Å². The van der Waals surface area contributed by atoms with Crippen molar-refractivity contribution < 1.29 is 13.2 Å². The number of carbonyl (C=O) groups excluding carboxylic acids is 1. The maximum Gasteiger partial charge on any atom is 0.239 e. The third kappa shape index (κ3) is 4.40. The van der Waals surface area contributed by atoms with Gasteiger partial charge in [-0.15, -0.1) is 0 Å². The zero-order valence-corrected chi connectivity index (χ0v) is 13.9. The molecule has 5 nitrogen and oxygen atoms in total. The minimum Gasteiger partial charge on any atom is -0.368 e. The second-order valence-electron chi connectivity index (χ2n) is 5.48. The average molecular weight is 332 g/mol. The fraction of sp³-hybridized carbons (Fsp3) is 0.235. The van der Waals surface area contributed by atoms with E-state index in [1.165, 1.54) is 6.26 Å². The van der Waals surface area contributed by atoms with Gasteiger partial charge in [0.25, 0.3) is 0 Å². The number of nitrogens with two attached hydrogens (primary N) is 1. The van der Waals surface area contributed by atoms with E-state index in [1.807, 2.05) is 37.3 Å². The van der Waals surface area contributed by atoms with Crippen molar-refractivity contribution in [2.75, 3.05) is 6.26 Å². The average Bonchev–Trinajstić information content (AvgIpc) is 2.52. The van der Waals surface area contributed by atoms with Crippen molar-refractivity contribution >= 4 is 15.7 Å². The predicted molar refractivity (Wildman–Crippen MR) is 89.5 cm³/mol. The summed E-state index contributed by atoms with van der Waals surface area (Å²) in [5.41, 5.74) is 7.16. The second-order valence-corrected chi connectivity index (χ2v) is 7.49. The zero-order valence-electron chi connectivity index (χ0n) is 13.1. The molecule has 2 aromatic rings. The Labute approximate surface area is 136 Å². The van der Waals surface area contributed by atoms with Gasteiger partial charge in [-0.25, -0.2) is 8.42 Å². The summed E-state index contributed by atoms with van der Waals surface area (Å²) < 4.78 is 23.0. The summed E-state index contributed by atoms with van der Waals surface area (Å²) in [6.45, 7) is 1.90. The highest BCUT2D eigenvalue weighted by molar-refractivity contribution is 7.90. The van der Waals surface area contributed by atoms with Crippen LogP contribution in [0, 0.1) is 0 Å². The molecule has 0 fully saturated rings. The fourth-order valence-corrected chi connectivity index (χ4v) is 2.97. The highest BCUT2D eigenvalue weighted by Gasteiger charge is 2.20. The summed E-state index contributed by atoms with van der Waals surface area (Å²) in [6, 6.07) is 15.0. The van der Waals surface area contributed by atoms with Gasteiger partial charge >= 0.3 is 0 Å². The van der Waals surface area contributed by atoms with Gasteiger partial charge in [-0.1, -0.05) is 42.5 Å². The summed E-state index contributed by atoms with van der Waals surface area (Å²) in [5, 5.41) is 3.18. The van der Waals surface area contributed by atoms with Gasteiger partial charge in [-0.2, -0.15) is 0 Å². The summed E-state index contributed by atoms with van der Waals surface area (Å²) >= 11 is 0. The van der Waals surface area contributed by atoms with Crippen LogP contribution in [0.2, 0.25) is 0 Å². The largest absolute Gasteiger partial charge is 0.368 e. The van der Waals surface area contributed by atoms with Gasteiger partial charge in [0.2, 0.25) is 5.91 Å². The zero-order chi connectivity index (χ0) is 17.0. The molecule has 2 rings (SSSR count). The summed E-state index contributed by atoms with van der Waals surface area (Å²) in [7, 11) is -3.22. The Bertz CT molecular complexity index is 771. The summed E-state index contributed by atoms with van der Waals surface area (Å²) in [5.74, 6) is -0.462. The van der Waals surface area contributed by atoms with Gasteiger partial charge in [0, 0.05) is 12.3 Å². The van der Waals surface area contributed by atoms with E-state index in [1.54, 1.807) is 24.3 Å². The van der Waals surface area contributed by atoms with Crippen LogP contribution in [0.1, 0.15) is 30.1 Å². The number of primary amides is 1. The van der Waals surface area contributed by atoms with Gasteiger partial charge < -0.3 is 5.73 Å². The Hall–Kier alpha value is -2.18. The van der Waals surface area contributed by atoms with Crippen LogP contribution < -0.4 is 11.1 Å². The number of hydrogen-bond donors (Lipinski definition) is 2. The molecule has 0 bridgehead atoms. The van der Waals surface area contributed by atoms with E-state index in [4.69, 9.17) is 5.73 Å². The molecule has 1 amide bonds. The molecule has 0 aromatic heterocycles. The first-order chi connectivity index (χ1) is 10.8. The molecular formula is C17H20N2O3S. The smallest absolute Gasteiger partial charge is 0.239 e. The Balaban J connectivity index is 2.19. The van der Waals surface area contributed by atoms with Crippen LogP contribution in [0.5, 0.6) is 0 Å². The SMILES string of the molecule is C[C@H](N[C@@H](C(N)=O)c1ccccc1)c1ccc(S(C)(=O)=O)cc1. The van der Waals surface area contributed by atoms with E-state index in [0.717, 1.165) is 11.1 Å². The van der Waals surface area contributed by atoms with Crippen LogP contribution >= 0.6 is 0 Å². The molecular weight excluding hydrogens is 312 g/mol. The van der Waals surface area contributed by atoms with Crippen LogP contribution in [0.25, 0.3) is 0 Å². The number of sulfone groups is 1. The molecule has 6 heteroatoms. The summed E-state index contributed by atoms with van der Waals surface area (Å²) in [4.78, 5) is 12.0. The van der Waals surface area contributed by atoms with E-state index >= 15 is 0 Å². The van der Waals surface area contributed by atoms with E-state index in [0.29, 0.717) is 0 Å². The quantitative estimate of drug-likeness (QED) is 0.846. The molecule has 0 aliphatic carbocycles. The molecule has 0 spiro atoms. The molecule has 0 aliphatic heterocycles. The maximum atomic E-state index is 11.7. The molecule has 2 aromatic carbocycles. The van der Waals surface area contributed by atoms with E-state index in [9.17, 15) is 13.2 Å². The lowest BCUT2D eigenvalue weighted by Crippen LogP contribution is -2.35. The molecule has 2 atom stereocenters. The molecule has 0 unspecified atom stereocenters. The lowest BCUT2D eigenvalue weighted by atomic mass is 10.0. The van der Waals surface area contributed by atoms with Crippen LogP contribution in [0.4, 0.5) is 0 Å². The molecule has 3 N–H and O–H groups in total. The van der Waals surface area contributed by atoms with Crippen molar-refractivity contribution in [2.24, 2.45) is 5.73 Å². The number of amides is 1. The van der Waals surface area contributed by atoms with Crippen molar-refractivity contribution in [3.05, 3.63) is 65.7 Å². The van der Waals surface area contributed by atoms with Gasteiger partial charge in [0.1, 0.15) is 6.04 Å². The normalized spacial score (nSPS) is 14.2. The molecule has 0 aliphatic rings. The van der Waals surface area contributed by atoms with Crippen molar-refractivity contribution in [1.29, 1.82) is 0 Å². The highest BCUT2D eigenvalue weighted by Crippen LogP contribution is 2.21. The first-order valence-corrected chi connectivity index (χ1v) is 9.08. The van der Waals surface area contributed by atoms with Gasteiger partial charge in [0.15, 0.2) is 9.84 Å². The minimum absolute atomic E-state index is 0.165. The lowest BCUT2D eigenvalue weighted by Gasteiger charge is -2.21. The Morgan fingerprint density at radius 3 is 2.04 bits per heavy atom. The van der Waals surface area contributed by atoms with Crippen LogP contribution in [-0.4, -0.2) is 20.6 Å². The minimum atomic E-state index is -3.22. The predicted octanol–water partition coefficient (Wildman–Crippen LogP) is 1.97. The third-order valence-electron chi connectivity index (χ3n) is 3.64. The van der Waals surface area contributed by atoms with Gasteiger partial charge in [-0.05, 0) is 30.2 Å². The molecule has 0 radical (unpaired) electrons. The van der Waals surface area contributed by atoms with E-state index in [2.05, 4.69) is 5.32 Å².